The Kier molecular flexibility index (Phi) is 4.95. The molecule has 3 aromatic heterocycles. The minimum absolute atomic E-state index is 0.0513. The van der Waals surface area contributed by atoms with Gasteiger partial charge in [-0.25, -0.2) is 14.8 Å². The number of halogens is 1. The molecule has 0 unspecified atom stereocenters. The highest BCUT2D eigenvalue weighted by Crippen LogP contribution is 2.26. The molecule has 31 heavy (non-hydrogen) atoms. The van der Waals surface area contributed by atoms with Crippen molar-refractivity contribution in [3.05, 3.63) is 53.4 Å². The van der Waals surface area contributed by atoms with Gasteiger partial charge in [-0.05, 0) is 35.5 Å². The monoisotopic (exact) mass is 439 g/mol. The summed E-state index contributed by atoms with van der Waals surface area (Å²) in [5, 5.41) is 13.2. The van der Waals surface area contributed by atoms with Gasteiger partial charge in [0.25, 0.3) is 5.88 Å². The summed E-state index contributed by atoms with van der Waals surface area (Å²) in [6.45, 7) is 1.54. The Morgan fingerprint density at radius 3 is 2.77 bits per heavy atom. The summed E-state index contributed by atoms with van der Waals surface area (Å²) in [4.78, 5) is 25.5. The Morgan fingerprint density at radius 1 is 1.23 bits per heavy atom. The van der Waals surface area contributed by atoms with Crippen LogP contribution >= 0.6 is 11.6 Å². The average Bonchev–Trinajstić information content (AvgIpc) is 3.41. The minimum Gasteiger partial charge on any atom is -0.475 e. The van der Waals surface area contributed by atoms with E-state index in [0.29, 0.717) is 5.02 Å². The van der Waals surface area contributed by atoms with Crippen molar-refractivity contribution < 1.29 is 19.2 Å². The third-order valence-electron chi connectivity index (χ3n) is 5.22. The van der Waals surface area contributed by atoms with Crippen molar-refractivity contribution in [1.82, 2.24) is 20.1 Å². The normalized spacial score (nSPS) is 14.8. The first-order valence-corrected chi connectivity index (χ1v) is 10.2. The zero-order chi connectivity index (χ0) is 21.4. The van der Waals surface area contributed by atoms with Gasteiger partial charge in [-0.2, -0.15) is 0 Å². The molecule has 1 aliphatic rings. The van der Waals surface area contributed by atoms with Crippen LogP contribution in [0.25, 0.3) is 22.4 Å². The number of rotatable bonds is 5. The van der Waals surface area contributed by atoms with Gasteiger partial charge in [-0.1, -0.05) is 11.6 Å². The Labute approximate surface area is 181 Å². The molecule has 0 atom stereocenters. The molecular weight excluding hydrogens is 422 g/mol. The lowest BCUT2D eigenvalue weighted by Crippen LogP contribution is -2.38. The SMILES string of the molecule is O=C(O)c1cc(OC2CCN(c3ccc(-c4nc5cc(Cl)ccc5[nH]4)cn3)CC2)no1. The summed E-state index contributed by atoms with van der Waals surface area (Å²) in [6, 6.07) is 10.8. The molecule has 4 aromatic rings. The Balaban J connectivity index is 1.22. The molecule has 158 valence electrons. The van der Waals surface area contributed by atoms with Gasteiger partial charge in [-0.15, -0.1) is 0 Å². The van der Waals surface area contributed by atoms with Gasteiger partial charge < -0.3 is 24.3 Å². The fourth-order valence-corrected chi connectivity index (χ4v) is 3.78. The summed E-state index contributed by atoms with van der Waals surface area (Å²) in [5.74, 6) is 0.431. The van der Waals surface area contributed by atoms with E-state index in [0.717, 1.165) is 54.2 Å². The van der Waals surface area contributed by atoms with E-state index in [2.05, 4.69) is 25.0 Å². The molecular formula is C21H18ClN5O4. The van der Waals surface area contributed by atoms with Gasteiger partial charge in [0.05, 0.1) is 17.1 Å². The molecule has 4 heterocycles. The Morgan fingerprint density at radius 2 is 2.06 bits per heavy atom. The molecule has 0 saturated carbocycles. The molecule has 1 aromatic carbocycles. The average molecular weight is 440 g/mol. The van der Waals surface area contributed by atoms with Crippen LogP contribution in [0.1, 0.15) is 23.4 Å². The van der Waals surface area contributed by atoms with E-state index in [1.165, 1.54) is 6.07 Å². The number of imidazole rings is 1. The highest BCUT2D eigenvalue weighted by atomic mass is 35.5. The second-order valence-corrected chi connectivity index (χ2v) is 7.73. The lowest BCUT2D eigenvalue weighted by Gasteiger charge is -2.32. The lowest BCUT2D eigenvalue weighted by molar-refractivity contribution is 0.0651. The summed E-state index contributed by atoms with van der Waals surface area (Å²) in [6.07, 6.45) is 3.29. The zero-order valence-electron chi connectivity index (χ0n) is 16.3. The van der Waals surface area contributed by atoms with E-state index >= 15 is 0 Å². The van der Waals surface area contributed by atoms with E-state index < -0.39 is 5.97 Å². The number of carbonyl (C=O) groups is 1. The zero-order valence-corrected chi connectivity index (χ0v) is 17.0. The Hall–Kier alpha value is -3.59. The maximum Gasteiger partial charge on any atom is 0.374 e. The van der Waals surface area contributed by atoms with Crippen molar-refractivity contribution in [3.8, 4) is 17.3 Å². The molecule has 0 aliphatic carbocycles. The van der Waals surface area contributed by atoms with E-state index in [4.69, 9.17) is 26.0 Å². The molecule has 10 heteroatoms. The van der Waals surface area contributed by atoms with E-state index in [1.54, 1.807) is 6.20 Å². The van der Waals surface area contributed by atoms with Crippen LogP contribution in [-0.2, 0) is 0 Å². The number of fused-ring (bicyclic) bond motifs is 1. The van der Waals surface area contributed by atoms with Crippen molar-refractivity contribution in [2.24, 2.45) is 0 Å². The number of aromatic amines is 1. The van der Waals surface area contributed by atoms with Crippen LogP contribution in [0.3, 0.4) is 0 Å². The van der Waals surface area contributed by atoms with E-state index in [1.807, 2.05) is 30.3 Å². The second kappa shape index (κ2) is 7.92. The largest absolute Gasteiger partial charge is 0.475 e. The first kappa shape index (κ1) is 19.4. The number of hydrogen-bond donors (Lipinski definition) is 2. The molecule has 1 fully saturated rings. The number of pyridine rings is 1. The predicted molar refractivity (Wildman–Crippen MR) is 114 cm³/mol. The van der Waals surface area contributed by atoms with Gasteiger partial charge in [0.2, 0.25) is 5.76 Å². The number of nitrogens with zero attached hydrogens (tertiary/aromatic N) is 4. The second-order valence-electron chi connectivity index (χ2n) is 7.29. The van der Waals surface area contributed by atoms with Crippen LogP contribution in [0.15, 0.2) is 47.1 Å². The van der Waals surface area contributed by atoms with Crippen LogP contribution in [-0.4, -0.2) is 50.4 Å². The number of nitrogens with one attached hydrogen (secondary N) is 1. The number of aromatic carboxylic acids is 1. The van der Waals surface area contributed by atoms with Gasteiger partial charge in [0.15, 0.2) is 0 Å². The van der Waals surface area contributed by atoms with Crippen molar-refractivity contribution in [3.63, 3.8) is 0 Å². The highest BCUT2D eigenvalue weighted by Gasteiger charge is 2.23. The van der Waals surface area contributed by atoms with Crippen molar-refractivity contribution in [2.75, 3.05) is 18.0 Å². The third kappa shape index (κ3) is 4.04. The smallest absolute Gasteiger partial charge is 0.374 e. The minimum atomic E-state index is -1.17. The fourth-order valence-electron chi connectivity index (χ4n) is 3.62. The first-order valence-electron chi connectivity index (χ1n) is 9.78. The maximum absolute atomic E-state index is 10.9. The van der Waals surface area contributed by atoms with Crippen LogP contribution < -0.4 is 9.64 Å². The summed E-state index contributed by atoms with van der Waals surface area (Å²) in [7, 11) is 0. The topological polar surface area (TPSA) is 117 Å². The number of benzene rings is 1. The molecule has 0 spiro atoms. The highest BCUT2D eigenvalue weighted by molar-refractivity contribution is 6.31. The third-order valence-corrected chi connectivity index (χ3v) is 5.45. The van der Waals surface area contributed by atoms with Gasteiger partial charge in [0.1, 0.15) is 17.7 Å². The Bertz CT molecular complexity index is 1230. The van der Waals surface area contributed by atoms with E-state index in [-0.39, 0.29) is 17.7 Å². The molecule has 5 rings (SSSR count). The van der Waals surface area contributed by atoms with Gasteiger partial charge >= 0.3 is 5.97 Å². The van der Waals surface area contributed by atoms with Crippen LogP contribution in [0, 0.1) is 0 Å². The lowest BCUT2D eigenvalue weighted by atomic mass is 10.1. The summed E-state index contributed by atoms with van der Waals surface area (Å²) >= 11 is 6.04. The molecule has 9 nitrogen and oxygen atoms in total. The molecule has 2 N–H and O–H groups in total. The molecule has 1 aliphatic heterocycles. The first-order chi connectivity index (χ1) is 15.0. The van der Waals surface area contributed by atoms with Gasteiger partial charge in [0, 0.05) is 42.7 Å². The number of H-pyrrole nitrogens is 1. The van der Waals surface area contributed by atoms with Crippen LogP contribution in [0.5, 0.6) is 5.88 Å². The van der Waals surface area contributed by atoms with E-state index in [9.17, 15) is 4.79 Å². The number of anilines is 1. The number of carboxylic acid groups (broad SMARTS) is 1. The van der Waals surface area contributed by atoms with Crippen molar-refractivity contribution in [2.45, 2.75) is 18.9 Å². The number of hydrogen-bond acceptors (Lipinski definition) is 7. The fraction of sp³-hybridized carbons (Fsp3) is 0.238. The standard InChI is InChI=1S/C21H18ClN5O4/c22-13-2-3-15-16(9-13)25-20(24-15)12-1-4-18(23-11-12)27-7-5-14(6-8-27)30-19-10-17(21(28)29)31-26-19/h1-4,9-11,14H,5-8H2,(H,24,25)(H,28,29). The maximum atomic E-state index is 10.9. The van der Waals surface area contributed by atoms with Gasteiger partial charge in [-0.3, -0.25) is 0 Å². The number of aromatic nitrogens is 4. The molecule has 1 saturated heterocycles. The van der Waals surface area contributed by atoms with Crippen LogP contribution in [0.4, 0.5) is 5.82 Å². The predicted octanol–water partition coefficient (Wildman–Crippen LogP) is 4.01. The number of carboxylic acids is 1. The summed E-state index contributed by atoms with van der Waals surface area (Å²) in [5.41, 5.74) is 2.64. The summed E-state index contributed by atoms with van der Waals surface area (Å²) < 4.78 is 10.5. The van der Waals surface area contributed by atoms with Crippen molar-refractivity contribution >= 4 is 34.4 Å². The molecule has 0 amide bonds. The van der Waals surface area contributed by atoms with Crippen LogP contribution in [0.2, 0.25) is 5.02 Å². The molecule has 0 radical (unpaired) electrons. The molecule has 0 bridgehead atoms. The number of piperidine rings is 1. The van der Waals surface area contributed by atoms with Crippen molar-refractivity contribution in [1.29, 1.82) is 0 Å². The number of ether oxygens (including phenoxy) is 1. The quantitative estimate of drug-likeness (QED) is 0.479.